The molecule has 2 aromatic carbocycles. The van der Waals surface area contributed by atoms with Gasteiger partial charge in [-0.1, -0.05) is 82.3 Å². The molecule has 3 N–H and O–H groups in total. The molecule has 0 radical (unpaired) electrons. The lowest BCUT2D eigenvalue weighted by atomic mass is 10.1. The number of nitrogens with one attached hydrogen (secondary N) is 3. The van der Waals surface area contributed by atoms with E-state index in [2.05, 4.69) is 35.7 Å². The van der Waals surface area contributed by atoms with Crippen molar-refractivity contribution in [1.29, 1.82) is 0 Å². The maximum absolute atomic E-state index is 12.9. The number of halogens is 7. The average Bonchev–Trinajstić information content (AvgIpc) is 3.32. The lowest BCUT2D eigenvalue weighted by Gasteiger charge is -2.10. The quantitative estimate of drug-likeness (QED) is 0.147. The smallest absolute Gasteiger partial charge is 0.312 e. The zero-order valence-electron chi connectivity index (χ0n) is 35.9. The van der Waals surface area contributed by atoms with E-state index >= 15 is 0 Å². The minimum atomic E-state index is -0.725. The van der Waals surface area contributed by atoms with Crippen LogP contribution in [0.4, 0.5) is 8.78 Å². The summed E-state index contributed by atoms with van der Waals surface area (Å²) in [6.07, 6.45) is 6.76. The molecule has 5 aromatic heterocycles. The van der Waals surface area contributed by atoms with Crippen LogP contribution < -0.4 is 42.7 Å². The van der Waals surface area contributed by atoms with Crippen molar-refractivity contribution in [2.24, 2.45) is 0 Å². The fourth-order valence-corrected chi connectivity index (χ4v) is 5.55. The molecule has 7 rings (SSSR count). The minimum absolute atomic E-state index is 0.0216. The van der Waals surface area contributed by atoms with Crippen molar-refractivity contribution in [1.82, 2.24) is 49.7 Å². The Morgan fingerprint density at radius 1 is 0.529 bits per heavy atom. The zero-order valence-corrected chi connectivity index (χ0v) is 39.7. The van der Waals surface area contributed by atoms with Crippen molar-refractivity contribution in [3.8, 4) is 33.8 Å². The number of H-pyrrole nitrogens is 3. The summed E-state index contributed by atoms with van der Waals surface area (Å²) in [7, 11) is 7.17. The SMILES string of the molecule is COCn1ncc(-c2ccc(F)cc2)c(OC)c1=O.COCn1ncc(Cl)c(Cl)c1=O.COCn1ncc(Cl)c(OC)c1=O.O=c1[nH][nH]cc(-c2ccc(F)cc2)c1=O.O=c1[nH]ncc(Cl)c1Cl. The number of aromatic amines is 3. The summed E-state index contributed by atoms with van der Waals surface area (Å²) in [5.74, 6) is -0.504. The molecule has 7 aromatic rings. The maximum Gasteiger partial charge on any atom is 0.312 e. The molecule has 0 fully saturated rings. The van der Waals surface area contributed by atoms with E-state index in [1.807, 2.05) is 0 Å². The van der Waals surface area contributed by atoms with E-state index in [4.69, 9.17) is 81.7 Å². The van der Waals surface area contributed by atoms with Crippen molar-refractivity contribution in [2.75, 3.05) is 35.5 Å². The summed E-state index contributed by atoms with van der Waals surface area (Å²) < 4.78 is 53.1. The van der Waals surface area contributed by atoms with Crippen LogP contribution in [-0.4, -0.2) is 85.3 Å². The van der Waals surface area contributed by atoms with E-state index in [9.17, 15) is 37.5 Å². The van der Waals surface area contributed by atoms with Gasteiger partial charge in [0.1, 0.15) is 46.9 Å². The lowest BCUT2D eigenvalue weighted by molar-refractivity contribution is 0.115. The number of hydrogen-bond donors (Lipinski definition) is 3. The molecule has 28 heteroatoms. The second kappa shape index (κ2) is 27.9. The van der Waals surface area contributed by atoms with Crippen LogP contribution in [0, 0.1) is 11.6 Å². The molecule has 0 spiro atoms. The highest BCUT2D eigenvalue weighted by atomic mass is 35.5. The molecule has 0 amide bonds. The van der Waals surface area contributed by atoms with Gasteiger partial charge in [0, 0.05) is 33.1 Å². The topological polar surface area (TPSA) is 262 Å². The Balaban J connectivity index is 0.000000230. The molecular formula is C40H37Cl5F2N10O11. The van der Waals surface area contributed by atoms with Gasteiger partial charge in [0.05, 0.1) is 54.6 Å². The van der Waals surface area contributed by atoms with Crippen LogP contribution in [0.5, 0.6) is 11.5 Å². The van der Waals surface area contributed by atoms with Gasteiger partial charge in [0.15, 0.2) is 5.75 Å². The van der Waals surface area contributed by atoms with E-state index in [1.165, 1.54) is 103 Å². The molecule has 68 heavy (non-hydrogen) atoms. The number of ether oxygens (including phenoxy) is 5. The van der Waals surface area contributed by atoms with Gasteiger partial charge in [0.2, 0.25) is 5.75 Å². The van der Waals surface area contributed by atoms with E-state index in [0.717, 1.165) is 14.0 Å². The molecule has 362 valence electrons. The monoisotopic (exact) mass is 1050 g/mol. The van der Waals surface area contributed by atoms with Crippen molar-refractivity contribution < 1.29 is 32.5 Å². The molecule has 0 saturated carbocycles. The van der Waals surface area contributed by atoms with Gasteiger partial charge in [-0.15, -0.1) is 0 Å². The van der Waals surface area contributed by atoms with Gasteiger partial charge in [-0.25, -0.2) is 27.9 Å². The summed E-state index contributed by atoms with van der Waals surface area (Å²) in [5, 5.41) is 22.0. The van der Waals surface area contributed by atoms with Crippen LogP contribution in [0.1, 0.15) is 0 Å². The van der Waals surface area contributed by atoms with Gasteiger partial charge in [0.25, 0.3) is 16.5 Å². The Hall–Kier alpha value is -6.57. The minimum Gasteiger partial charge on any atom is -0.491 e. The summed E-state index contributed by atoms with van der Waals surface area (Å²) in [6, 6.07) is 11.1. The van der Waals surface area contributed by atoms with E-state index in [0.29, 0.717) is 16.7 Å². The molecule has 0 unspecified atom stereocenters. The van der Waals surface area contributed by atoms with Crippen molar-refractivity contribution >= 4 is 58.0 Å². The third-order valence-corrected chi connectivity index (χ3v) is 9.75. The fraction of sp³-hybridized carbons (Fsp3) is 0.200. The number of methoxy groups -OCH3 is 5. The van der Waals surface area contributed by atoms with Crippen LogP contribution in [0.3, 0.4) is 0 Å². The Labute approximate surface area is 406 Å². The van der Waals surface area contributed by atoms with Gasteiger partial charge in [-0.05, 0) is 35.4 Å². The fourth-order valence-electron chi connectivity index (χ4n) is 4.85. The number of nitrogens with zero attached hydrogens (tertiary/aromatic N) is 7. The summed E-state index contributed by atoms with van der Waals surface area (Å²) in [5.41, 5.74) is -1.19. The standard InChI is InChI=1S/C13H13FN2O3.C10H7FN2O2.C7H9ClN2O3.C6H6Cl2N2O2.C4H2Cl2N2O/c1-18-8-16-13(17)12(19-2)11(7-15-16)9-3-5-10(14)6-4-9;11-7-3-1-6(2-4-7)8-5-12-13-10(15)9(8)14;1-12-4-10-7(11)6(13-2)5(8)3-9-10;1-12-3-10-6(11)5(8)4(7)2-9-10;5-2-1-7-8-4(9)3(2)6/h3-7H,8H2,1-2H3;1-5H,(H,12,14)(H,13,15);3H,4H2,1-2H3;2H,3H2,1H3;1H,(H,8,9). The number of benzene rings is 2. The molecule has 0 atom stereocenters. The van der Waals surface area contributed by atoms with Crippen LogP contribution in [0.2, 0.25) is 25.1 Å². The number of aromatic nitrogens is 10. The van der Waals surface area contributed by atoms with Crippen LogP contribution in [0.15, 0.2) is 108 Å². The first-order chi connectivity index (χ1) is 32.4. The van der Waals surface area contributed by atoms with Gasteiger partial charge < -0.3 is 28.8 Å². The molecule has 0 bridgehead atoms. The summed E-state index contributed by atoms with van der Waals surface area (Å²) >= 11 is 27.5. The summed E-state index contributed by atoms with van der Waals surface area (Å²) in [6.45, 7) is 0.182. The third-order valence-electron chi connectivity index (χ3n) is 7.98. The highest BCUT2D eigenvalue weighted by molar-refractivity contribution is 6.42. The van der Waals surface area contributed by atoms with Crippen LogP contribution in [-0.2, 0) is 34.4 Å². The van der Waals surface area contributed by atoms with E-state index in [1.54, 1.807) is 12.1 Å². The lowest BCUT2D eigenvalue weighted by Crippen LogP contribution is -2.28. The molecule has 0 aliphatic heterocycles. The molecule has 5 heterocycles. The Morgan fingerprint density at radius 3 is 1.44 bits per heavy atom. The van der Waals surface area contributed by atoms with Crippen molar-refractivity contribution in [2.45, 2.75) is 20.2 Å². The zero-order chi connectivity index (χ0) is 50.5. The number of rotatable bonds is 10. The molecular weight excluding hydrogens is 1010 g/mol. The Kier molecular flexibility index (Phi) is 22.9. The maximum atomic E-state index is 12.9. The second-order valence-corrected chi connectivity index (χ2v) is 14.4. The summed E-state index contributed by atoms with van der Waals surface area (Å²) in [4.78, 5) is 67.6. The Bertz CT molecular complexity index is 3120. The third kappa shape index (κ3) is 15.8. The first-order valence-corrected chi connectivity index (χ1v) is 20.4. The number of hydrogen-bond acceptors (Lipinski definition) is 15. The van der Waals surface area contributed by atoms with E-state index in [-0.39, 0.29) is 74.0 Å². The largest absolute Gasteiger partial charge is 0.491 e. The van der Waals surface area contributed by atoms with Gasteiger partial charge in [-0.2, -0.15) is 20.4 Å². The molecule has 0 saturated heterocycles. The normalized spacial score (nSPS) is 10.2. The van der Waals surface area contributed by atoms with Crippen molar-refractivity contribution in [3.05, 3.63) is 178 Å². The van der Waals surface area contributed by atoms with Crippen molar-refractivity contribution in [3.63, 3.8) is 0 Å². The highest BCUT2D eigenvalue weighted by Crippen LogP contribution is 2.26. The van der Waals surface area contributed by atoms with Crippen LogP contribution in [0.25, 0.3) is 22.3 Å². The van der Waals surface area contributed by atoms with Gasteiger partial charge in [-0.3, -0.25) is 33.9 Å². The first-order valence-electron chi connectivity index (χ1n) is 18.5. The predicted octanol–water partition coefficient (Wildman–Crippen LogP) is 5.27. The van der Waals surface area contributed by atoms with E-state index < -0.39 is 33.2 Å². The van der Waals surface area contributed by atoms with Gasteiger partial charge >= 0.3 is 16.7 Å². The second-order valence-electron chi connectivity index (χ2n) is 12.5. The first kappa shape index (κ1) is 55.8. The molecule has 0 aliphatic rings. The molecule has 21 nitrogen and oxygen atoms in total. The Morgan fingerprint density at radius 2 is 0.971 bits per heavy atom. The molecule has 0 aliphatic carbocycles. The highest BCUT2D eigenvalue weighted by Gasteiger charge is 2.14. The van der Waals surface area contributed by atoms with Crippen LogP contribution >= 0.6 is 58.0 Å². The predicted molar refractivity (Wildman–Crippen MR) is 248 cm³/mol. The average molecular weight is 1050 g/mol.